The minimum absolute atomic E-state index is 0.0370. The van der Waals surface area contributed by atoms with E-state index in [1.807, 2.05) is 0 Å². The zero-order chi connectivity index (χ0) is 14.5. The van der Waals surface area contributed by atoms with E-state index < -0.39 is 10.0 Å². The summed E-state index contributed by atoms with van der Waals surface area (Å²) in [5.74, 6) is 0.0777. The number of nitrogens with two attached hydrogens (primary N) is 1. The first-order chi connectivity index (χ1) is 8.72. The molecule has 1 aliphatic carbocycles. The smallest absolute Gasteiger partial charge is 0.209 e. The van der Waals surface area contributed by atoms with Crippen LogP contribution in [0.2, 0.25) is 0 Å². The third-order valence-corrected chi connectivity index (χ3v) is 4.95. The predicted molar refractivity (Wildman–Crippen MR) is 78.4 cm³/mol. The van der Waals surface area contributed by atoms with Crippen LogP contribution in [0.25, 0.3) is 0 Å². The lowest BCUT2D eigenvalue weighted by Crippen LogP contribution is -2.30. The SMILES string of the molecule is CCCC(COC1CCC(C)(C)CC1)CS(N)(=O)=O. The monoisotopic (exact) mass is 291 g/mol. The van der Waals surface area contributed by atoms with Crippen LogP contribution in [-0.2, 0) is 14.8 Å². The van der Waals surface area contributed by atoms with Crippen molar-refractivity contribution in [2.24, 2.45) is 16.5 Å². The molecule has 0 saturated heterocycles. The highest BCUT2D eigenvalue weighted by molar-refractivity contribution is 7.89. The third-order valence-electron chi connectivity index (χ3n) is 4.02. The predicted octanol–water partition coefficient (Wildman–Crippen LogP) is 2.68. The number of ether oxygens (including phenoxy) is 1. The molecule has 0 aromatic rings. The third kappa shape index (κ3) is 7.28. The molecule has 1 aliphatic rings. The summed E-state index contributed by atoms with van der Waals surface area (Å²) in [6, 6.07) is 0. The van der Waals surface area contributed by atoms with Crippen molar-refractivity contribution < 1.29 is 13.2 Å². The van der Waals surface area contributed by atoms with Crippen LogP contribution in [0.1, 0.15) is 59.3 Å². The van der Waals surface area contributed by atoms with Gasteiger partial charge in [0.25, 0.3) is 0 Å². The van der Waals surface area contributed by atoms with E-state index in [0.717, 1.165) is 25.7 Å². The molecule has 0 spiro atoms. The lowest BCUT2D eigenvalue weighted by atomic mass is 9.76. The van der Waals surface area contributed by atoms with E-state index in [4.69, 9.17) is 9.88 Å². The van der Waals surface area contributed by atoms with Crippen LogP contribution in [0.4, 0.5) is 0 Å². The summed E-state index contributed by atoms with van der Waals surface area (Å²) in [7, 11) is -3.40. The lowest BCUT2D eigenvalue weighted by Gasteiger charge is -2.34. The largest absolute Gasteiger partial charge is 0.378 e. The Bertz CT molecular complexity index is 355. The number of sulfonamides is 1. The van der Waals surface area contributed by atoms with Gasteiger partial charge in [-0.15, -0.1) is 0 Å². The molecule has 1 unspecified atom stereocenters. The Morgan fingerprint density at radius 1 is 1.32 bits per heavy atom. The standard InChI is InChI=1S/C14H29NO3S/c1-4-5-12(11-19(15,16)17)10-18-13-6-8-14(2,3)9-7-13/h12-13H,4-11H2,1-3H3,(H2,15,16,17). The van der Waals surface area contributed by atoms with Crippen LogP contribution in [0.5, 0.6) is 0 Å². The Labute approximate surface area is 118 Å². The summed E-state index contributed by atoms with van der Waals surface area (Å²) in [5.41, 5.74) is 0.434. The molecule has 2 N–H and O–H groups in total. The number of rotatable bonds is 7. The van der Waals surface area contributed by atoms with Crippen molar-refractivity contribution in [1.29, 1.82) is 0 Å². The molecule has 0 heterocycles. The maximum atomic E-state index is 11.2. The van der Waals surface area contributed by atoms with E-state index in [0.29, 0.717) is 18.1 Å². The van der Waals surface area contributed by atoms with Crippen molar-refractivity contribution in [2.45, 2.75) is 65.4 Å². The molecule has 1 saturated carbocycles. The van der Waals surface area contributed by atoms with Crippen LogP contribution in [0.15, 0.2) is 0 Å². The van der Waals surface area contributed by atoms with Crippen LogP contribution >= 0.6 is 0 Å². The normalized spacial score (nSPS) is 22.3. The van der Waals surface area contributed by atoms with Crippen molar-refractivity contribution >= 4 is 10.0 Å². The van der Waals surface area contributed by atoms with Gasteiger partial charge >= 0.3 is 0 Å². The fraction of sp³-hybridized carbons (Fsp3) is 1.00. The lowest BCUT2D eigenvalue weighted by molar-refractivity contribution is -0.0104. The van der Waals surface area contributed by atoms with Crippen molar-refractivity contribution in [2.75, 3.05) is 12.4 Å². The van der Waals surface area contributed by atoms with Crippen LogP contribution < -0.4 is 5.14 Å². The quantitative estimate of drug-likeness (QED) is 0.784. The molecular formula is C14H29NO3S. The van der Waals surface area contributed by atoms with E-state index in [1.165, 1.54) is 12.8 Å². The Morgan fingerprint density at radius 2 is 1.89 bits per heavy atom. The molecule has 0 aromatic heterocycles. The van der Waals surface area contributed by atoms with Gasteiger partial charge in [-0.3, -0.25) is 0 Å². The molecule has 0 radical (unpaired) electrons. The zero-order valence-corrected chi connectivity index (χ0v) is 13.3. The molecule has 4 nitrogen and oxygen atoms in total. The van der Waals surface area contributed by atoms with Crippen molar-refractivity contribution in [1.82, 2.24) is 0 Å². The van der Waals surface area contributed by atoms with Crippen molar-refractivity contribution in [3.05, 3.63) is 0 Å². The first kappa shape index (κ1) is 16.9. The number of hydrogen-bond acceptors (Lipinski definition) is 3. The maximum absolute atomic E-state index is 11.2. The highest BCUT2D eigenvalue weighted by atomic mass is 32.2. The maximum Gasteiger partial charge on any atom is 0.209 e. The Hall–Kier alpha value is -0.130. The van der Waals surface area contributed by atoms with Gasteiger partial charge in [0.05, 0.1) is 18.5 Å². The number of primary sulfonamides is 1. The summed E-state index contributed by atoms with van der Waals surface area (Å²) in [6.07, 6.45) is 6.66. The first-order valence-corrected chi connectivity index (χ1v) is 9.05. The molecule has 0 amide bonds. The Morgan fingerprint density at radius 3 is 2.37 bits per heavy atom. The van der Waals surface area contributed by atoms with Gasteiger partial charge in [-0.1, -0.05) is 27.2 Å². The summed E-state index contributed by atoms with van der Waals surface area (Å²) < 4.78 is 28.3. The van der Waals surface area contributed by atoms with Crippen LogP contribution in [-0.4, -0.2) is 26.9 Å². The van der Waals surface area contributed by atoms with Crippen LogP contribution in [0, 0.1) is 11.3 Å². The van der Waals surface area contributed by atoms with Crippen molar-refractivity contribution in [3.63, 3.8) is 0 Å². The van der Waals surface area contributed by atoms with E-state index in [9.17, 15) is 8.42 Å². The second-order valence-electron chi connectivity index (χ2n) is 6.68. The highest BCUT2D eigenvalue weighted by Gasteiger charge is 2.28. The first-order valence-electron chi connectivity index (χ1n) is 7.34. The molecule has 5 heteroatoms. The molecule has 0 aromatic carbocycles. The van der Waals surface area contributed by atoms with Crippen molar-refractivity contribution in [3.8, 4) is 0 Å². The van der Waals surface area contributed by atoms with Gasteiger partial charge in [0, 0.05) is 0 Å². The highest BCUT2D eigenvalue weighted by Crippen LogP contribution is 2.36. The summed E-state index contributed by atoms with van der Waals surface area (Å²) in [6.45, 7) is 7.17. The Balaban J connectivity index is 2.36. The van der Waals surface area contributed by atoms with E-state index >= 15 is 0 Å². The zero-order valence-electron chi connectivity index (χ0n) is 12.5. The molecule has 0 aliphatic heterocycles. The number of hydrogen-bond donors (Lipinski definition) is 1. The fourth-order valence-electron chi connectivity index (χ4n) is 2.76. The van der Waals surface area contributed by atoms with Gasteiger partial charge in [-0.05, 0) is 43.4 Å². The average molecular weight is 291 g/mol. The van der Waals surface area contributed by atoms with E-state index in [-0.39, 0.29) is 11.7 Å². The summed E-state index contributed by atoms with van der Waals surface area (Å²) >= 11 is 0. The van der Waals surface area contributed by atoms with Crippen LogP contribution in [0.3, 0.4) is 0 Å². The average Bonchev–Trinajstić information content (AvgIpc) is 2.25. The van der Waals surface area contributed by atoms with Gasteiger partial charge < -0.3 is 4.74 Å². The second kappa shape index (κ2) is 7.04. The molecule has 1 fully saturated rings. The minimum atomic E-state index is -3.40. The summed E-state index contributed by atoms with van der Waals surface area (Å²) in [4.78, 5) is 0. The van der Waals surface area contributed by atoms with Gasteiger partial charge in [-0.25, -0.2) is 13.6 Å². The molecule has 0 bridgehead atoms. The van der Waals surface area contributed by atoms with Gasteiger partial charge in [0.1, 0.15) is 0 Å². The Kier molecular flexibility index (Phi) is 6.27. The van der Waals surface area contributed by atoms with E-state index in [1.54, 1.807) is 0 Å². The topological polar surface area (TPSA) is 69.4 Å². The second-order valence-corrected chi connectivity index (χ2v) is 8.34. The molecule has 114 valence electrons. The van der Waals surface area contributed by atoms with E-state index in [2.05, 4.69) is 20.8 Å². The molecule has 1 rings (SSSR count). The van der Waals surface area contributed by atoms with Gasteiger partial charge in [0.15, 0.2) is 0 Å². The van der Waals surface area contributed by atoms with Gasteiger partial charge in [0.2, 0.25) is 10.0 Å². The summed E-state index contributed by atoms with van der Waals surface area (Å²) in [5, 5.41) is 5.13. The minimum Gasteiger partial charge on any atom is -0.378 e. The molecule has 19 heavy (non-hydrogen) atoms. The molecule has 1 atom stereocenters. The van der Waals surface area contributed by atoms with Gasteiger partial charge in [-0.2, -0.15) is 0 Å². The fourth-order valence-corrected chi connectivity index (χ4v) is 3.68. The molecular weight excluding hydrogens is 262 g/mol.